The lowest BCUT2D eigenvalue weighted by molar-refractivity contribution is 0.0951. The number of halogens is 2. The first-order chi connectivity index (χ1) is 13.9. The van der Waals surface area contributed by atoms with Crippen LogP contribution in [0.15, 0.2) is 42.5 Å². The molecule has 0 radical (unpaired) electrons. The second-order valence-corrected chi connectivity index (χ2v) is 6.62. The molecule has 0 saturated heterocycles. The van der Waals surface area contributed by atoms with E-state index in [0.717, 1.165) is 0 Å². The van der Waals surface area contributed by atoms with Crippen LogP contribution in [0.5, 0.6) is 5.75 Å². The zero-order chi connectivity index (χ0) is 21.2. The highest BCUT2D eigenvalue weighted by Gasteiger charge is 2.09. The van der Waals surface area contributed by atoms with Gasteiger partial charge in [0, 0.05) is 24.2 Å². The first kappa shape index (κ1) is 22.5. The van der Waals surface area contributed by atoms with Crippen LogP contribution in [-0.4, -0.2) is 37.7 Å². The van der Waals surface area contributed by atoms with Crippen LogP contribution in [0.4, 0.5) is 4.79 Å². The second kappa shape index (κ2) is 11.3. The van der Waals surface area contributed by atoms with E-state index in [-0.39, 0.29) is 24.2 Å². The van der Waals surface area contributed by atoms with Crippen LogP contribution in [0.1, 0.15) is 34.1 Å². The van der Waals surface area contributed by atoms with E-state index in [4.69, 9.17) is 27.9 Å². The van der Waals surface area contributed by atoms with E-state index < -0.39 is 6.16 Å². The molecule has 0 saturated carbocycles. The fourth-order valence-electron chi connectivity index (χ4n) is 2.25. The molecule has 0 aliphatic rings. The summed E-state index contributed by atoms with van der Waals surface area (Å²) in [5, 5.41) is 6.18. The zero-order valence-electron chi connectivity index (χ0n) is 15.7. The molecule has 0 atom stereocenters. The van der Waals surface area contributed by atoms with Gasteiger partial charge < -0.3 is 20.1 Å². The number of amides is 2. The highest BCUT2D eigenvalue weighted by Crippen LogP contribution is 2.22. The van der Waals surface area contributed by atoms with Gasteiger partial charge in [-0.1, -0.05) is 23.2 Å². The summed E-state index contributed by atoms with van der Waals surface area (Å²) in [4.78, 5) is 35.4. The molecule has 0 aliphatic heterocycles. The number of ether oxygens (including phenoxy) is 2. The van der Waals surface area contributed by atoms with Crippen LogP contribution in [0.25, 0.3) is 0 Å². The number of carbonyl (C=O) groups is 3. The topological polar surface area (TPSA) is 93.7 Å². The first-order valence-electron chi connectivity index (χ1n) is 8.86. The Morgan fingerprint density at radius 2 is 1.45 bits per heavy atom. The minimum Gasteiger partial charge on any atom is -0.434 e. The van der Waals surface area contributed by atoms with Crippen LogP contribution in [0.3, 0.4) is 0 Å². The average molecular weight is 439 g/mol. The monoisotopic (exact) mass is 438 g/mol. The molecule has 2 rings (SSSR count). The Morgan fingerprint density at radius 3 is 2.03 bits per heavy atom. The van der Waals surface area contributed by atoms with Crippen molar-refractivity contribution in [2.45, 2.75) is 13.3 Å². The van der Waals surface area contributed by atoms with E-state index in [1.165, 1.54) is 30.3 Å². The largest absolute Gasteiger partial charge is 0.513 e. The van der Waals surface area contributed by atoms with Crippen molar-refractivity contribution in [3.05, 3.63) is 63.6 Å². The van der Waals surface area contributed by atoms with Crippen LogP contribution in [0.2, 0.25) is 10.0 Å². The van der Waals surface area contributed by atoms with Gasteiger partial charge in [-0.25, -0.2) is 4.79 Å². The summed E-state index contributed by atoms with van der Waals surface area (Å²) in [6.45, 7) is 2.65. The Balaban J connectivity index is 1.70. The second-order valence-electron chi connectivity index (χ2n) is 5.80. The van der Waals surface area contributed by atoms with E-state index in [0.29, 0.717) is 40.7 Å². The molecular weight excluding hydrogens is 419 g/mol. The van der Waals surface area contributed by atoms with Gasteiger partial charge in [0.05, 0.1) is 16.7 Å². The lowest BCUT2D eigenvalue weighted by atomic mass is 10.2. The summed E-state index contributed by atoms with van der Waals surface area (Å²) in [6, 6.07) is 10.7. The fraction of sp³-hybridized carbons (Fsp3) is 0.250. The summed E-state index contributed by atoms with van der Waals surface area (Å²) in [7, 11) is 0. The van der Waals surface area contributed by atoms with Crippen molar-refractivity contribution in [3.63, 3.8) is 0 Å². The molecule has 0 aliphatic carbocycles. The molecule has 2 amide bonds. The van der Waals surface area contributed by atoms with E-state index >= 15 is 0 Å². The van der Waals surface area contributed by atoms with Crippen molar-refractivity contribution in [2.24, 2.45) is 0 Å². The summed E-state index contributed by atoms with van der Waals surface area (Å²) in [5.41, 5.74) is 0.828. The lowest BCUT2D eigenvalue weighted by Gasteiger charge is -2.08. The van der Waals surface area contributed by atoms with Gasteiger partial charge in [-0.05, 0) is 55.8 Å². The SMILES string of the molecule is CCOC(=O)Oc1ccc(C(=O)NCCCNC(=O)c2ccc(Cl)c(Cl)c2)cc1. The molecule has 7 nitrogen and oxygen atoms in total. The van der Waals surface area contributed by atoms with Crippen molar-refractivity contribution >= 4 is 41.2 Å². The predicted octanol–water partition coefficient (Wildman–Crippen LogP) is 4.08. The number of nitrogens with one attached hydrogen (secondary N) is 2. The maximum atomic E-state index is 12.1. The van der Waals surface area contributed by atoms with Crippen molar-refractivity contribution in [2.75, 3.05) is 19.7 Å². The third-order valence-electron chi connectivity index (χ3n) is 3.69. The van der Waals surface area contributed by atoms with Gasteiger partial charge in [0.15, 0.2) is 0 Å². The first-order valence-corrected chi connectivity index (χ1v) is 9.62. The molecule has 0 fully saturated rings. The Labute approximate surface area is 178 Å². The number of benzene rings is 2. The molecule has 9 heteroatoms. The normalized spacial score (nSPS) is 10.2. The highest BCUT2D eigenvalue weighted by molar-refractivity contribution is 6.42. The van der Waals surface area contributed by atoms with Crippen LogP contribution in [0, 0.1) is 0 Å². The lowest BCUT2D eigenvalue weighted by Crippen LogP contribution is -2.29. The Kier molecular flexibility index (Phi) is 8.76. The number of hydrogen-bond acceptors (Lipinski definition) is 5. The van der Waals surface area contributed by atoms with Gasteiger partial charge in [-0.15, -0.1) is 0 Å². The molecule has 0 heterocycles. The molecule has 0 aromatic heterocycles. The van der Waals surface area contributed by atoms with Crippen molar-refractivity contribution in [3.8, 4) is 5.75 Å². The summed E-state index contributed by atoms with van der Waals surface area (Å²) in [6.07, 6.45) is -0.254. The molecule has 154 valence electrons. The van der Waals surface area contributed by atoms with Gasteiger partial charge in [0.2, 0.25) is 0 Å². The molecule has 2 N–H and O–H groups in total. The molecule has 2 aromatic carbocycles. The summed E-state index contributed by atoms with van der Waals surface area (Å²) >= 11 is 11.7. The Hall–Kier alpha value is -2.77. The van der Waals surface area contributed by atoms with Crippen molar-refractivity contribution in [1.29, 1.82) is 0 Å². The van der Waals surface area contributed by atoms with Gasteiger partial charge in [-0.2, -0.15) is 0 Å². The fourth-order valence-corrected chi connectivity index (χ4v) is 2.55. The van der Waals surface area contributed by atoms with E-state index in [9.17, 15) is 14.4 Å². The zero-order valence-corrected chi connectivity index (χ0v) is 17.2. The van der Waals surface area contributed by atoms with Gasteiger partial charge in [-0.3, -0.25) is 9.59 Å². The third-order valence-corrected chi connectivity index (χ3v) is 4.43. The van der Waals surface area contributed by atoms with Gasteiger partial charge in [0.1, 0.15) is 5.75 Å². The van der Waals surface area contributed by atoms with Crippen molar-refractivity contribution < 1.29 is 23.9 Å². The molecule has 0 spiro atoms. The minimum atomic E-state index is -0.798. The molecular formula is C20H20Cl2N2O5. The highest BCUT2D eigenvalue weighted by atomic mass is 35.5. The van der Waals surface area contributed by atoms with Gasteiger partial charge >= 0.3 is 6.16 Å². The molecule has 0 bridgehead atoms. The maximum absolute atomic E-state index is 12.1. The Morgan fingerprint density at radius 1 is 0.862 bits per heavy atom. The van der Waals surface area contributed by atoms with Gasteiger partial charge in [0.25, 0.3) is 11.8 Å². The molecule has 0 unspecified atom stereocenters. The van der Waals surface area contributed by atoms with Crippen LogP contribution < -0.4 is 15.4 Å². The smallest absolute Gasteiger partial charge is 0.434 e. The minimum absolute atomic E-state index is 0.215. The third kappa shape index (κ3) is 7.29. The summed E-state index contributed by atoms with van der Waals surface area (Å²) in [5.74, 6) is -0.263. The Bertz CT molecular complexity index is 872. The number of hydrogen-bond donors (Lipinski definition) is 2. The van der Waals surface area contributed by atoms with Crippen LogP contribution >= 0.6 is 23.2 Å². The standard InChI is InChI=1S/C20H20Cl2N2O5/c1-2-28-20(27)29-15-7-4-13(5-8-15)18(25)23-10-3-11-24-19(26)14-6-9-16(21)17(22)12-14/h4-9,12H,2-3,10-11H2,1H3,(H,23,25)(H,24,26). The van der Waals surface area contributed by atoms with E-state index in [1.807, 2.05) is 0 Å². The maximum Gasteiger partial charge on any atom is 0.513 e. The van der Waals surface area contributed by atoms with E-state index in [1.54, 1.807) is 19.1 Å². The van der Waals surface area contributed by atoms with Crippen LogP contribution in [-0.2, 0) is 4.74 Å². The molecule has 29 heavy (non-hydrogen) atoms. The van der Waals surface area contributed by atoms with E-state index in [2.05, 4.69) is 15.4 Å². The summed E-state index contributed by atoms with van der Waals surface area (Å²) < 4.78 is 9.60. The average Bonchev–Trinajstić information content (AvgIpc) is 2.70. The molecule has 2 aromatic rings. The predicted molar refractivity (Wildman–Crippen MR) is 110 cm³/mol. The number of carbonyl (C=O) groups excluding carboxylic acids is 3. The van der Waals surface area contributed by atoms with Crippen molar-refractivity contribution in [1.82, 2.24) is 10.6 Å². The quantitative estimate of drug-likeness (QED) is 0.367. The number of rotatable bonds is 8.